The molecular formula is C20H21N5O3S2. The van der Waals surface area contributed by atoms with Crippen LogP contribution in [0.5, 0.6) is 5.88 Å². The molecule has 0 bridgehead atoms. The number of rotatable bonds is 4. The van der Waals surface area contributed by atoms with Gasteiger partial charge in [0, 0.05) is 36.9 Å². The van der Waals surface area contributed by atoms with E-state index in [0.29, 0.717) is 18.8 Å². The zero-order valence-corrected chi connectivity index (χ0v) is 18.0. The summed E-state index contributed by atoms with van der Waals surface area (Å²) in [5, 5.41) is 0. The topological polar surface area (TPSA) is 88.5 Å². The molecule has 1 saturated heterocycles. The molecular weight excluding hydrogens is 422 g/mol. The summed E-state index contributed by atoms with van der Waals surface area (Å²) in [6.07, 6.45) is 2.93. The lowest BCUT2D eigenvalue weighted by Gasteiger charge is -2.27. The first-order valence-electron chi connectivity index (χ1n) is 9.67. The van der Waals surface area contributed by atoms with Gasteiger partial charge < -0.3 is 4.74 Å². The maximum atomic E-state index is 13.6. The Morgan fingerprint density at radius 2 is 1.97 bits per heavy atom. The average molecular weight is 444 g/mol. The summed E-state index contributed by atoms with van der Waals surface area (Å²) in [4.78, 5) is 16.4. The molecule has 5 heterocycles. The van der Waals surface area contributed by atoms with E-state index in [1.807, 2.05) is 30.6 Å². The second-order valence-corrected chi connectivity index (χ2v) is 10.3. The highest BCUT2D eigenvalue weighted by Gasteiger charge is 2.47. The van der Waals surface area contributed by atoms with E-state index in [0.717, 1.165) is 12.2 Å². The van der Waals surface area contributed by atoms with Crippen molar-refractivity contribution in [1.82, 2.24) is 24.2 Å². The van der Waals surface area contributed by atoms with Crippen LogP contribution in [-0.4, -0.2) is 57.8 Å². The van der Waals surface area contributed by atoms with E-state index < -0.39 is 10.0 Å². The molecule has 30 heavy (non-hydrogen) atoms. The molecule has 2 aliphatic heterocycles. The van der Waals surface area contributed by atoms with Crippen molar-refractivity contribution in [1.29, 1.82) is 0 Å². The normalized spacial score (nSPS) is 23.4. The number of hydrogen-bond donors (Lipinski definition) is 0. The zero-order valence-electron chi connectivity index (χ0n) is 16.4. The maximum Gasteiger partial charge on any atom is 0.249 e. The number of aromatic nitrogens is 3. The second kappa shape index (κ2) is 7.69. The predicted molar refractivity (Wildman–Crippen MR) is 112 cm³/mol. The lowest BCUT2D eigenvalue weighted by molar-refractivity contribution is 0.143. The van der Waals surface area contributed by atoms with Gasteiger partial charge in [0.15, 0.2) is 0 Å². The summed E-state index contributed by atoms with van der Waals surface area (Å²) in [6.45, 7) is 4.09. The largest absolute Gasteiger partial charge is 0.470 e. The van der Waals surface area contributed by atoms with Gasteiger partial charge >= 0.3 is 0 Å². The molecule has 2 aliphatic rings. The molecule has 0 N–H and O–H groups in total. The van der Waals surface area contributed by atoms with Crippen LogP contribution < -0.4 is 4.74 Å². The number of fused-ring (bicyclic) bond motifs is 2. The van der Waals surface area contributed by atoms with Gasteiger partial charge in [-0.25, -0.2) is 18.4 Å². The van der Waals surface area contributed by atoms with E-state index in [-0.39, 0.29) is 29.5 Å². The van der Waals surface area contributed by atoms with Crippen molar-refractivity contribution in [2.24, 2.45) is 0 Å². The Balaban J connectivity index is 1.51. The lowest BCUT2D eigenvalue weighted by Crippen LogP contribution is -2.46. The van der Waals surface area contributed by atoms with Crippen LogP contribution in [0.25, 0.3) is 0 Å². The van der Waals surface area contributed by atoms with Gasteiger partial charge in [-0.15, -0.1) is 11.3 Å². The van der Waals surface area contributed by atoms with Crippen LogP contribution in [-0.2, 0) is 23.1 Å². The fourth-order valence-electron chi connectivity index (χ4n) is 4.00. The van der Waals surface area contributed by atoms with E-state index in [4.69, 9.17) is 4.74 Å². The smallest absolute Gasteiger partial charge is 0.249 e. The third kappa shape index (κ3) is 3.49. The van der Waals surface area contributed by atoms with Gasteiger partial charge in [-0.05, 0) is 31.2 Å². The summed E-state index contributed by atoms with van der Waals surface area (Å²) in [5.74, 6) is 0.173. The fourth-order valence-corrected chi connectivity index (χ4v) is 6.50. The quantitative estimate of drug-likeness (QED) is 0.610. The van der Waals surface area contributed by atoms with Gasteiger partial charge in [-0.3, -0.25) is 9.88 Å². The molecule has 10 heteroatoms. The van der Waals surface area contributed by atoms with Crippen molar-refractivity contribution in [3.05, 3.63) is 64.5 Å². The fraction of sp³-hybridized carbons (Fsp3) is 0.350. The SMILES string of the molecule is Cc1ncsc1CN1C[C@@H]2Oc3ncccc3S(=O)(=O)N(Cc3ccccn3)[C@H]2C1. The Morgan fingerprint density at radius 3 is 2.73 bits per heavy atom. The van der Waals surface area contributed by atoms with E-state index in [2.05, 4.69) is 19.9 Å². The maximum absolute atomic E-state index is 13.6. The molecule has 1 fully saturated rings. The van der Waals surface area contributed by atoms with Crippen LogP contribution in [0.4, 0.5) is 0 Å². The highest BCUT2D eigenvalue weighted by atomic mass is 32.2. The molecule has 0 saturated carbocycles. The number of hydrogen-bond acceptors (Lipinski definition) is 8. The number of likely N-dealkylation sites (tertiary alicyclic amines) is 1. The standard InChI is InChI=1S/C20H21N5O3S2/c1-14-18(29-13-23-14)12-24-10-16-17(11-24)28-20-19(6-4-8-22-20)30(26,27)25(16)9-15-5-2-3-7-21-15/h2-8,13,16-17H,9-12H2,1H3/t16-,17-/m0/s1. The first-order valence-corrected chi connectivity index (χ1v) is 12.0. The number of aryl methyl sites for hydroxylation is 1. The monoisotopic (exact) mass is 443 g/mol. The van der Waals surface area contributed by atoms with E-state index in [1.165, 1.54) is 9.18 Å². The van der Waals surface area contributed by atoms with E-state index >= 15 is 0 Å². The van der Waals surface area contributed by atoms with Crippen molar-refractivity contribution < 1.29 is 13.2 Å². The highest BCUT2D eigenvalue weighted by Crippen LogP contribution is 2.36. The van der Waals surface area contributed by atoms with Crippen molar-refractivity contribution in [2.75, 3.05) is 13.1 Å². The van der Waals surface area contributed by atoms with Crippen molar-refractivity contribution >= 4 is 21.4 Å². The van der Waals surface area contributed by atoms with Crippen LogP contribution in [0.3, 0.4) is 0 Å². The first kappa shape index (κ1) is 19.6. The Hall–Kier alpha value is -2.40. The molecule has 5 rings (SSSR count). The summed E-state index contributed by atoms with van der Waals surface area (Å²) < 4.78 is 34.9. The molecule has 0 spiro atoms. The van der Waals surface area contributed by atoms with Gasteiger partial charge in [0.05, 0.1) is 29.5 Å². The Kier molecular flexibility index (Phi) is 5.02. The summed E-state index contributed by atoms with van der Waals surface area (Å²) in [7, 11) is -3.80. The van der Waals surface area contributed by atoms with Gasteiger partial charge in [0.2, 0.25) is 15.9 Å². The van der Waals surface area contributed by atoms with Crippen LogP contribution in [0.1, 0.15) is 16.3 Å². The molecule has 156 valence electrons. The molecule has 0 radical (unpaired) electrons. The van der Waals surface area contributed by atoms with Gasteiger partial charge in [0.1, 0.15) is 11.0 Å². The molecule has 2 atom stereocenters. The van der Waals surface area contributed by atoms with Crippen LogP contribution in [0.15, 0.2) is 53.1 Å². The number of pyridine rings is 2. The Morgan fingerprint density at radius 1 is 1.10 bits per heavy atom. The van der Waals surface area contributed by atoms with Crippen LogP contribution in [0, 0.1) is 6.92 Å². The minimum absolute atomic E-state index is 0.111. The summed E-state index contributed by atoms with van der Waals surface area (Å²) >= 11 is 1.62. The summed E-state index contributed by atoms with van der Waals surface area (Å²) in [5.41, 5.74) is 3.55. The molecule has 3 aromatic heterocycles. The summed E-state index contributed by atoms with van der Waals surface area (Å²) in [6, 6.07) is 8.37. The average Bonchev–Trinajstić information content (AvgIpc) is 3.31. The second-order valence-electron chi connectivity index (χ2n) is 7.46. The van der Waals surface area contributed by atoms with E-state index in [1.54, 1.807) is 35.9 Å². The first-order chi connectivity index (χ1) is 14.5. The Labute approximate surface area is 179 Å². The minimum atomic E-state index is -3.80. The third-order valence-corrected chi connectivity index (χ3v) is 8.33. The molecule has 0 aromatic carbocycles. The number of thiazole rings is 1. The van der Waals surface area contributed by atoms with Gasteiger partial charge in [-0.2, -0.15) is 4.31 Å². The van der Waals surface area contributed by atoms with Gasteiger partial charge in [-0.1, -0.05) is 6.07 Å². The molecule has 0 aliphatic carbocycles. The molecule has 3 aromatic rings. The Bertz CT molecular complexity index is 1150. The zero-order chi connectivity index (χ0) is 20.7. The molecule has 0 unspecified atom stereocenters. The van der Waals surface area contributed by atoms with Crippen LogP contribution >= 0.6 is 11.3 Å². The third-order valence-electron chi connectivity index (χ3n) is 5.52. The molecule has 0 amide bonds. The number of sulfonamides is 1. The van der Waals surface area contributed by atoms with Crippen molar-refractivity contribution in [3.63, 3.8) is 0 Å². The van der Waals surface area contributed by atoms with Gasteiger partial charge in [0.25, 0.3) is 0 Å². The number of ether oxygens (including phenoxy) is 1. The van der Waals surface area contributed by atoms with E-state index in [9.17, 15) is 8.42 Å². The van der Waals surface area contributed by atoms with Crippen molar-refractivity contribution in [2.45, 2.75) is 37.1 Å². The number of nitrogens with zero attached hydrogens (tertiary/aromatic N) is 5. The highest BCUT2D eigenvalue weighted by molar-refractivity contribution is 7.89. The van der Waals surface area contributed by atoms with Crippen molar-refractivity contribution in [3.8, 4) is 5.88 Å². The van der Waals surface area contributed by atoms with Crippen LogP contribution in [0.2, 0.25) is 0 Å². The lowest BCUT2D eigenvalue weighted by atomic mass is 10.2. The minimum Gasteiger partial charge on any atom is -0.470 e. The predicted octanol–water partition coefficient (Wildman–Crippen LogP) is 2.08. The molecule has 8 nitrogen and oxygen atoms in total.